The molecular formula is C14H11ClO3S. The predicted octanol–water partition coefficient (Wildman–Crippen LogP) is 3.09. The van der Waals surface area contributed by atoms with Crippen LogP contribution < -0.4 is 0 Å². The van der Waals surface area contributed by atoms with Crippen LogP contribution in [0.3, 0.4) is 0 Å². The van der Waals surface area contributed by atoms with Crippen LogP contribution >= 0.6 is 23.4 Å². The number of aryl methyl sites for hydroxylation is 2. The van der Waals surface area contributed by atoms with Crippen molar-refractivity contribution >= 4 is 35.1 Å². The molecule has 1 aromatic rings. The molecule has 2 aliphatic rings. The van der Waals surface area contributed by atoms with Crippen LogP contribution in [0.5, 0.6) is 0 Å². The lowest BCUT2D eigenvalue weighted by Gasteiger charge is -2.01. The minimum absolute atomic E-state index is 0.131. The second kappa shape index (κ2) is 4.69. The van der Waals surface area contributed by atoms with Gasteiger partial charge in [0.2, 0.25) is 5.78 Å². The Morgan fingerprint density at radius 2 is 2.00 bits per heavy atom. The normalized spacial score (nSPS) is 19.2. The molecule has 0 unspecified atom stereocenters. The van der Waals surface area contributed by atoms with Crippen LogP contribution in [0, 0.1) is 0 Å². The lowest BCUT2D eigenvalue weighted by atomic mass is 10.0. The number of thioether (sulfide) groups is 1. The number of Topliss-reactive ketones (excluding diaryl/α,β-unsaturated/α-hetero) is 1. The van der Waals surface area contributed by atoms with Gasteiger partial charge >= 0.3 is 5.97 Å². The first-order valence-electron chi connectivity index (χ1n) is 5.98. The number of fused-ring (bicyclic) bond motifs is 2. The summed E-state index contributed by atoms with van der Waals surface area (Å²) in [6, 6.07) is 4.00. The third-order valence-electron chi connectivity index (χ3n) is 3.42. The molecule has 0 aromatic heterocycles. The molecule has 5 heteroatoms. The van der Waals surface area contributed by atoms with Crippen LogP contribution in [0.15, 0.2) is 27.0 Å². The van der Waals surface area contributed by atoms with Crippen molar-refractivity contribution in [1.29, 1.82) is 0 Å². The molecule has 0 radical (unpaired) electrons. The SMILES string of the molecule is COC(=O)C(Cl)=C1Sc2cc3c(cc2C1=O)CCC3. The van der Waals surface area contributed by atoms with Gasteiger partial charge in [-0.05, 0) is 42.5 Å². The molecule has 0 bridgehead atoms. The Hall–Kier alpha value is -1.26. The van der Waals surface area contributed by atoms with Crippen molar-refractivity contribution in [2.75, 3.05) is 7.11 Å². The van der Waals surface area contributed by atoms with Crippen molar-refractivity contribution in [3.63, 3.8) is 0 Å². The topological polar surface area (TPSA) is 43.4 Å². The summed E-state index contributed by atoms with van der Waals surface area (Å²) >= 11 is 7.17. The van der Waals surface area contributed by atoms with Gasteiger partial charge in [-0.25, -0.2) is 4.79 Å². The zero-order valence-corrected chi connectivity index (χ0v) is 11.9. The highest BCUT2D eigenvalue weighted by atomic mass is 35.5. The van der Waals surface area contributed by atoms with E-state index in [4.69, 9.17) is 11.6 Å². The van der Waals surface area contributed by atoms with E-state index in [0.29, 0.717) is 5.56 Å². The van der Waals surface area contributed by atoms with Crippen molar-refractivity contribution in [1.82, 2.24) is 0 Å². The van der Waals surface area contributed by atoms with Crippen LogP contribution in [0.2, 0.25) is 0 Å². The number of ether oxygens (including phenoxy) is 1. The van der Waals surface area contributed by atoms with Gasteiger partial charge in [-0.3, -0.25) is 4.79 Å². The minimum atomic E-state index is -0.669. The number of hydrogen-bond donors (Lipinski definition) is 0. The number of esters is 1. The number of methoxy groups -OCH3 is 1. The van der Waals surface area contributed by atoms with Gasteiger partial charge in [0, 0.05) is 10.5 Å². The standard InChI is InChI=1S/C14H11ClO3S/c1-18-14(17)11(15)13-12(16)9-5-7-3-2-4-8(7)6-10(9)19-13/h5-6H,2-4H2,1H3. The molecule has 1 heterocycles. The van der Waals surface area contributed by atoms with Crippen molar-refractivity contribution in [2.45, 2.75) is 24.2 Å². The predicted molar refractivity (Wildman–Crippen MR) is 73.5 cm³/mol. The first-order chi connectivity index (χ1) is 9.11. The van der Waals surface area contributed by atoms with Gasteiger partial charge in [-0.15, -0.1) is 0 Å². The lowest BCUT2D eigenvalue weighted by molar-refractivity contribution is -0.135. The Morgan fingerprint density at radius 3 is 2.68 bits per heavy atom. The number of carbonyl (C=O) groups excluding carboxylic acids is 2. The third kappa shape index (κ3) is 1.99. The Balaban J connectivity index is 2.06. The first-order valence-corrected chi connectivity index (χ1v) is 7.17. The van der Waals surface area contributed by atoms with E-state index in [0.717, 1.165) is 24.2 Å². The summed E-state index contributed by atoms with van der Waals surface area (Å²) in [5.41, 5.74) is 3.19. The molecule has 0 saturated heterocycles. The van der Waals surface area contributed by atoms with Gasteiger partial charge in [0.05, 0.1) is 12.0 Å². The van der Waals surface area contributed by atoms with Gasteiger partial charge in [-0.2, -0.15) is 0 Å². The first kappa shape index (κ1) is 12.8. The molecule has 1 aliphatic carbocycles. The molecular weight excluding hydrogens is 284 g/mol. The maximum absolute atomic E-state index is 12.3. The number of benzene rings is 1. The van der Waals surface area contributed by atoms with Crippen molar-refractivity contribution < 1.29 is 14.3 Å². The van der Waals surface area contributed by atoms with Gasteiger partial charge in [0.1, 0.15) is 5.03 Å². The molecule has 0 amide bonds. The number of carbonyl (C=O) groups is 2. The minimum Gasteiger partial charge on any atom is -0.465 e. The molecule has 0 atom stereocenters. The molecule has 3 rings (SSSR count). The maximum Gasteiger partial charge on any atom is 0.350 e. The van der Waals surface area contributed by atoms with Gasteiger partial charge in [0.25, 0.3) is 0 Å². The zero-order chi connectivity index (χ0) is 13.6. The van der Waals surface area contributed by atoms with E-state index in [-0.39, 0.29) is 15.7 Å². The van der Waals surface area contributed by atoms with Crippen LogP contribution in [0.4, 0.5) is 0 Å². The number of rotatable bonds is 1. The Bertz CT molecular complexity index is 634. The Labute approximate surface area is 120 Å². The van der Waals surface area contributed by atoms with Gasteiger partial charge < -0.3 is 4.74 Å². The Morgan fingerprint density at radius 1 is 1.32 bits per heavy atom. The van der Waals surface area contributed by atoms with Crippen molar-refractivity contribution in [3.8, 4) is 0 Å². The summed E-state index contributed by atoms with van der Waals surface area (Å²) in [5, 5.41) is -0.131. The van der Waals surface area contributed by atoms with E-state index in [1.54, 1.807) is 0 Å². The molecule has 0 N–H and O–H groups in total. The molecule has 0 saturated carbocycles. The Kier molecular flexibility index (Phi) is 3.15. The number of halogens is 1. The van der Waals surface area contributed by atoms with Gasteiger partial charge in [0.15, 0.2) is 0 Å². The summed E-state index contributed by atoms with van der Waals surface area (Å²) in [6.07, 6.45) is 3.22. The number of hydrogen-bond acceptors (Lipinski definition) is 4. The highest BCUT2D eigenvalue weighted by molar-refractivity contribution is 8.04. The smallest absolute Gasteiger partial charge is 0.350 e. The fraction of sp³-hybridized carbons (Fsp3) is 0.286. The van der Waals surface area contributed by atoms with Crippen LogP contribution in [-0.4, -0.2) is 18.9 Å². The van der Waals surface area contributed by atoms with Crippen LogP contribution in [0.1, 0.15) is 27.9 Å². The maximum atomic E-state index is 12.3. The number of allylic oxidation sites excluding steroid dienone is 1. The van der Waals surface area contributed by atoms with E-state index in [1.807, 2.05) is 6.07 Å². The second-order valence-corrected chi connectivity index (χ2v) is 5.97. The highest BCUT2D eigenvalue weighted by Crippen LogP contribution is 2.44. The van der Waals surface area contributed by atoms with E-state index >= 15 is 0 Å². The van der Waals surface area contributed by atoms with Crippen molar-refractivity contribution in [2.24, 2.45) is 0 Å². The fourth-order valence-corrected chi connectivity index (χ4v) is 3.81. The zero-order valence-electron chi connectivity index (χ0n) is 10.3. The highest BCUT2D eigenvalue weighted by Gasteiger charge is 2.32. The molecule has 1 aliphatic heterocycles. The molecule has 1 aromatic carbocycles. The third-order valence-corrected chi connectivity index (χ3v) is 5.03. The summed E-state index contributed by atoms with van der Waals surface area (Å²) < 4.78 is 4.56. The van der Waals surface area contributed by atoms with E-state index in [1.165, 1.54) is 30.0 Å². The fourth-order valence-electron chi connectivity index (χ4n) is 2.47. The largest absolute Gasteiger partial charge is 0.465 e. The van der Waals surface area contributed by atoms with E-state index in [2.05, 4.69) is 10.8 Å². The summed E-state index contributed by atoms with van der Waals surface area (Å²) in [4.78, 5) is 24.9. The van der Waals surface area contributed by atoms with E-state index in [9.17, 15) is 9.59 Å². The molecule has 0 fully saturated rings. The lowest BCUT2D eigenvalue weighted by Crippen LogP contribution is -2.05. The summed E-state index contributed by atoms with van der Waals surface area (Å²) in [5.74, 6) is -0.844. The van der Waals surface area contributed by atoms with Crippen molar-refractivity contribution in [3.05, 3.63) is 38.8 Å². The molecule has 98 valence electrons. The monoisotopic (exact) mass is 294 g/mol. The average molecular weight is 295 g/mol. The summed E-state index contributed by atoms with van der Waals surface area (Å²) in [6.45, 7) is 0. The molecule has 3 nitrogen and oxygen atoms in total. The quantitative estimate of drug-likeness (QED) is 0.590. The van der Waals surface area contributed by atoms with E-state index < -0.39 is 5.97 Å². The van der Waals surface area contributed by atoms with Crippen LogP contribution in [0.25, 0.3) is 0 Å². The second-order valence-electron chi connectivity index (χ2n) is 4.54. The van der Waals surface area contributed by atoms with Crippen LogP contribution in [-0.2, 0) is 22.4 Å². The molecule has 0 spiro atoms. The number of ketones is 1. The van der Waals surface area contributed by atoms with Gasteiger partial charge in [-0.1, -0.05) is 23.4 Å². The summed E-state index contributed by atoms with van der Waals surface area (Å²) in [7, 11) is 1.25. The average Bonchev–Trinajstić information content (AvgIpc) is 2.99. The molecule has 19 heavy (non-hydrogen) atoms.